The van der Waals surface area contributed by atoms with E-state index in [0.717, 1.165) is 0 Å². The molecule has 10 heteroatoms. The van der Waals surface area contributed by atoms with Gasteiger partial charge in [-0.25, -0.2) is 17.8 Å². The Morgan fingerprint density at radius 2 is 1.84 bits per heavy atom. The van der Waals surface area contributed by atoms with Gasteiger partial charge in [0, 0.05) is 24.4 Å². The molecular weight excluding hydrogens is 423 g/mol. The van der Waals surface area contributed by atoms with Crippen LogP contribution in [0.25, 0.3) is 11.4 Å². The molecule has 164 valence electrons. The fourth-order valence-electron chi connectivity index (χ4n) is 2.82. The van der Waals surface area contributed by atoms with Crippen molar-refractivity contribution in [1.82, 2.24) is 19.5 Å². The molecule has 0 N–H and O–H groups in total. The number of pyridine rings is 1. The third-order valence-corrected chi connectivity index (χ3v) is 6.78. The Morgan fingerprint density at radius 1 is 1.13 bits per heavy atom. The number of aryl methyl sites for hydroxylation is 3. The van der Waals surface area contributed by atoms with Gasteiger partial charge in [0.1, 0.15) is 5.75 Å². The minimum Gasteiger partial charge on any atom is -0.421 e. The van der Waals surface area contributed by atoms with Gasteiger partial charge >= 0.3 is 6.01 Å². The van der Waals surface area contributed by atoms with Crippen LogP contribution in [0.2, 0.25) is 0 Å². The average Bonchev–Trinajstić information content (AvgIpc) is 2.68. The number of aromatic nitrogens is 4. The predicted octanol–water partition coefficient (Wildman–Crippen LogP) is 3.11. The summed E-state index contributed by atoms with van der Waals surface area (Å²) in [5.74, 6) is -1.01. The van der Waals surface area contributed by atoms with Gasteiger partial charge in [-0.1, -0.05) is 12.1 Å². The highest BCUT2D eigenvalue weighted by molar-refractivity contribution is 7.91. The Hall–Kier alpha value is -3.14. The number of rotatable bonds is 6. The smallest absolute Gasteiger partial charge is 0.325 e. The van der Waals surface area contributed by atoms with E-state index in [1.54, 1.807) is 52.9 Å². The zero-order valence-electron chi connectivity index (χ0n) is 17.9. The monoisotopic (exact) mass is 446 g/mol. The van der Waals surface area contributed by atoms with E-state index in [-0.39, 0.29) is 29.0 Å². The molecule has 31 heavy (non-hydrogen) atoms. The summed E-state index contributed by atoms with van der Waals surface area (Å²) in [6.45, 7) is 6.44. The van der Waals surface area contributed by atoms with Crippen LogP contribution in [0.15, 0.2) is 35.3 Å². The Morgan fingerprint density at radius 3 is 2.45 bits per heavy atom. The largest absolute Gasteiger partial charge is 0.421 e. The van der Waals surface area contributed by atoms with Crippen molar-refractivity contribution in [3.8, 4) is 23.1 Å². The van der Waals surface area contributed by atoms with Gasteiger partial charge in [-0.2, -0.15) is 9.97 Å². The molecule has 0 aliphatic carbocycles. The zero-order valence-corrected chi connectivity index (χ0v) is 18.7. The van der Waals surface area contributed by atoms with Gasteiger partial charge in [0.25, 0.3) is 5.56 Å². The highest BCUT2D eigenvalue weighted by atomic mass is 32.2. The molecule has 0 spiro atoms. The number of hydrogen-bond donors (Lipinski definition) is 0. The summed E-state index contributed by atoms with van der Waals surface area (Å²) < 4.78 is 46.1. The highest BCUT2D eigenvalue weighted by Crippen LogP contribution is 2.27. The van der Waals surface area contributed by atoms with E-state index < -0.39 is 26.7 Å². The van der Waals surface area contributed by atoms with Gasteiger partial charge in [0.05, 0.1) is 5.25 Å². The first-order valence-corrected chi connectivity index (χ1v) is 11.3. The van der Waals surface area contributed by atoms with E-state index in [4.69, 9.17) is 4.74 Å². The molecule has 0 radical (unpaired) electrons. The van der Waals surface area contributed by atoms with Crippen molar-refractivity contribution in [3.63, 3.8) is 0 Å². The van der Waals surface area contributed by atoms with Crippen LogP contribution in [0.1, 0.15) is 30.8 Å². The van der Waals surface area contributed by atoms with E-state index >= 15 is 0 Å². The summed E-state index contributed by atoms with van der Waals surface area (Å²) >= 11 is 0. The minimum atomic E-state index is -3.52. The molecule has 0 atom stereocenters. The Bertz CT molecular complexity index is 1260. The van der Waals surface area contributed by atoms with Crippen molar-refractivity contribution in [2.24, 2.45) is 7.05 Å². The molecule has 8 nitrogen and oxygen atoms in total. The lowest BCUT2D eigenvalue weighted by molar-refractivity contribution is 0.405. The predicted molar refractivity (Wildman–Crippen MR) is 114 cm³/mol. The van der Waals surface area contributed by atoms with E-state index in [9.17, 15) is 17.6 Å². The van der Waals surface area contributed by atoms with Gasteiger partial charge in [0.2, 0.25) is 0 Å². The van der Waals surface area contributed by atoms with Crippen molar-refractivity contribution in [2.75, 3.05) is 0 Å². The number of hydrogen-bond acceptors (Lipinski definition) is 7. The quantitative estimate of drug-likeness (QED) is 0.573. The third-order valence-electron chi connectivity index (χ3n) is 4.69. The van der Waals surface area contributed by atoms with Crippen molar-refractivity contribution >= 4 is 9.84 Å². The number of para-hydroxylation sites is 1. The highest BCUT2D eigenvalue weighted by Gasteiger charge is 2.22. The third kappa shape index (κ3) is 4.96. The van der Waals surface area contributed by atoms with Crippen LogP contribution in [0, 0.1) is 19.7 Å². The van der Waals surface area contributed by atoms with E-state index in [1.165, 1.54) is 16.8 Å². The molecular formula is C21H23FN4O4S. The lowest BCUT2D eigenvalue weighted by Gasteiger charge is -2.12. The van der Waals surface area contributed by atoms with Crippen molar-refractivity contribution in [3.05, 3.63) is 63.6 Å². The summed E-state index contributed by atoms with van der Waals surface area (Å²) in [5.41, 5.74) is 1.28. The van der Waals surface area contributed by atoms with Gasteiger partial charge in [-0.3, -0.25) is 4.79 Å². The van der Waals surface area contributed by atoms with Crippen LogP contribution in [0.3, 0.4) is 0 Å². The first-order valence-electron chi connectivity index (χ1n) is 9.55. The lowest BCUT2D eigenvalue weighted by atomic mass is 10.2. The molecule has 0 fully saturated rings. The van der Waals surface area contributed by atoms with Crippen LogP contribution in [-0.4, -0.2) is 33.2 Å². The molecule has 1 aromatic carbocycles. The molecule has 3 rings (SSSR count). The summed E-state index contributed by atoms with van der Waals surface area (Å²) in [7, 11) is -1.93. The van der Waals surface area contributed by atoms with E-state index in [1.807, 2.05) is 0 Å². The molecule has 0 amide bonds. The average molecular weight is 447 g/mol. The summed E-state index contributed by atoms with van der Waals surface area (Å²) in [4.78, 5) is 24.7. The second kappa shape index (κ2) is 8.54. The SMILES string of the molecule is Cc1cccc(F)c1Oc1nc(CS(=O)(=O)C(C)C)nc(-c2cc(C)c(=O)n(C)c2)n1. The second-order valence-corrected chi connectivity index (χ2v) is 10.1. The van der Waals surface area contributed by atoms with Crippen molar-refractivity contribution in [2.45, 2.75) is 38.7 Å². The standard InChI is InChI=1S/C21H23FN4O4S/c1-12(2)31(28,29)11-17-23-19(15-9-14(4)20(27)26(5)10-15)25-21(24-17)30-18-13(3)7-6-8-16(18)22/h6-10,12H,11H2,1-5H3. The first kappa shape index (κ1) is 22.5. The number of ether oxygens (including phenoxy) is 1. The summed E-state index contributed by atoms with van der Waals surface area (Å²) in [6.07, 6.45) is 1.53. The molecule has 0 saturated heterocycles. The van der Waals surface area contributed by atoms with Crippen LogP contribution < -0.4 is 10.3 Å². The normalized spacial score (nSPS) is 11.7. The van der Waals surface area contributed by atoms with Crippen LogP contribution in [0.4, 0.5) is 4.39 Å². The maximum atomic E-state index is 14.3. The minimum absolute atomic E-state index is 0.0331. The molecule has 0 unspecified atom stereocenters. The summed E-state index contributed by atoms with van der Waals surface area (Å²) in [5, 5.41) is -0.634. The lowest BCUT2D eigenvalue weighted by Crippen LogP contribution is -2.20. The molecule has 2 heterocycles. The Balaban J connectivity index is 2.16. The molecule has 0 saturated carbocycles. The fourth-order valence-corrected chi connectivity index (χ4v) is 3.64. The van der Waals surface area contributed by atoms with Crippen molar-refractivity contribution in [1.29, 1.82) is 0 Å². The van der Waals surface area contributed by atoms with E-state index in [0.29, 0.717) is 16.7 Å². The molecule has 0 aliphatic rings. The van der Waals surface area contributed by atoms with Gasteiger partial charge < -0.3 is 9.30 Å². The van der Waals surface area contributed by atoms with E-state index in [2.05, 4.69) is 15.0 Å². The molecule has 2 aromatic heterocycles. The number of halogens is 1. The summed E-state index contributed by atoms with van der Waals surface area (Å²) in [6, 6.07) is 5.81. The molecule has 3 aromatic rings. The maximum Gasteiger partial charge on any atom is 0.325 e. The molecule has 0 bridgehead atoms. The van der Waals surface area contributed by atoms with Gasteiger partial charge in [-0.05, 0) is 45.4 Å². The number of sulfone groups is 1. The van der Waals surface area contributed by atoms with Crippen LogP contribution in [0.5, 0.6) is 11.8 Å². The Labute approximate surface area is 179 Å². The van der Waals surface area contributed by atoms with Gasteiger partial charge in [0.15, 0.2) is 33.1 Å². The van der Waals surface area contributed by atoms with Crippen LogP contribution >= 0.6 is 0 Å². The number of nitrogens with zero attached hydrogens (tertiary/aromatic N) is 4. The fraction of sp³-hybridized carbons (Fsp3) is 0.333. The zero-order chi connectivity index (χ0) is 22.9. The molecule has 0 aliphatic heterocycles. The maximum absolute atomic E-state index is 14.3. The van der Waals surface area contributed by atoms with Gasteiger partial charge in [-0.15, -0.1) is 0 Å². The van der Waals surface area contributed by atoms with Crippen molar-refractivity contribution < 1.29 is 17.5 Å². The van der Waals surface area contributed by atoms with Crippen LogP contribution in [-0.2, 0) is 22.6 Å². The topological polar surface area (TPSA) is 104 Å². The number of benzene rings is 1. The first-order chi connectivity index (χ1) is 14.5. The Kier molecular flexibility index (Phi) is 6.21. The second-order valence-electron chi connectivity index (χ2n) is 7.53.